The molecule has 0 saturated heterocycles. The number of benzene rings is 1. The van der Waals surface area contributed by atoms with Crippen molar-refractivity contribution in [2.75, 3.05) is 0 Å². The van der Waals surface area contributed by atoms with Crippen molar-refractivity contribution in [1.29, 1.82) is 0 Å². The van der Waals surface area contributed by atoms with E-state index in [1.807, 2.05) is 0 Å². The number of halogens is 9. The zero-order valence-corrected chi connectivity index (χ0v) is 8.54. The first-order chi connectivity index (χ1) is 8.38. The molecule has 1 rings (SSSR count). The molecular formula is C9H3F9O. The van der Waals surface area contributed by atoms with Crippen LogP contribution in [0.3, 0.4) is 0 Å². The van der Waals surface area contributed by atoms with Crippen molar-refractivity contribution in [3.05, 3.63) is 29.8 Å². The zero-order chi connectivity index (χ0) is 15.1. The third-order valence-electron chi connectivity index (χ3n) is 1.85. The number of alkyl halides is 7. The van der Waals surface area contributed by atoms with E-state index in [1.54, 1.807) is 0 Å². The molecule has 0 aliphatic rings. The highest BCUT2D eigenvalue weighted by molar-refractivity contribution is 5.25. The minimum atomic E-state index is -6.62. The van der Waals surface area contributed by atoms with Crippen molar-refractivity contribution in [2.45, 2.75) is 18.2 Å². The SMILES string of the molecule is Fc1ccc(F)c(OC(F)(F)C(F)(F)C(F)(F)F)c1. The van der Waals surface area contributed by atoms with Gasteiger partial charge in [-0.3, -0.25) is 0 Å². The third kappa shape index (κ3) is 2.87. The number of hydrogen-bond acceptors (Lipinski definition) is 1. The molecule has 0 amide bonds. The lowest BCUT2D eigenvalue weighted by molar-refractivity contribution is -0.403. The van der Waals surface area contributed by atoms with Gasteiger partial charge in [0.1, 0.15) is 5.82 Å². The highest BCUT2D eigenvalue weighted by Crippen LogP contribution is 2.47. The monoisotopic (exact) mass is 298 g/mol. The molecule has 10 heteroatoms. The number of ether oxygens (including phenoxy) is 1. The maximum Gasteiger partial charge on any atom is 0.474 e. The van der Waals surface area contributed by atoms with Crippen LogP contribution in [-0.4, -0.2) is 18.2 Å². The summed E-state index contributed by atoms with van der Waals surface area (Å²) in [5.41, 5.74) is 0. The highest BCUT2D eigenvalue weighted by atomic mass is 19.4. The van der Waals surface area contributed by atoms with Gasteiger partial charge in [-0.1, -0.05) is 0 Å². The smallest absolute Gasteiger partial charge is 0.425 e. The summed E-state index contributed by atoms with van der Waals surface area (Å²) in [5.74, 6) is -11.4. The van der Waals surface area contributed by atoms with E-state index in [9.17, 15) is 39.5 Å². The maximum absolute atomic E-state index is 12.8. The fourth-order valence-corrected chi connectivity index (χ4v) is 0.923. The van der Waals surface area contributed by atoms with E-state index in [0.29, 0.717) is 6.07 Å². The highest BCUT2D eigenvalue weighted by Gasteiger charge is 2.75. The first-order valence-electron chi connectivity index (χ1n) is 4.35. The lowest BCUT2D eigenvalue weighted by Gasteiger charge is -2.27. The van der Waals surface area contributed by atoms with E-state index < -0.39 is 35.6 Å². The van der Waals surface area contributed by atoms with Crippen LogP contribution in [0.1, 0.15) is 0 Å². The van der Waals surface area contributed by atoms with E-state index in [-0.39, 0.29) is 12.1 Å². The van der Waals surface area contributed by atoms with Gasteiger partial charge >= 0.3 is 18.2 Å². The van der Waals surface area contributed by atoms with Gasteiger partial charge < -0.3 is 4.74 Å². The van der Waals surface area contributed by atoms with Crippen molar-refractivity contribution < 1.29 is 44.3 Å². The molecule has 0 atom stereocenters. The molecule has 0 bridgehead atoms. The van der Waals surface area contributed by atoms with E-state index >= 15 is 0 Å². The second-order valence-corrected chi connectivity index (χ2v) is 3.27. The molecule has 0 fully saturated rings. The fourth-order valence-electron chi connectivity index (χ4n) is 0.923. The fraction of sp³-hybridized carbons (Fsp3) is 0.333. The van der Waals surface area contributed by atoms with E-state index in [4.69, 9.17) is 0 Å². The van der Waals surface area contributed by atoms with Gasteiger partial charge in [0.15, 0.2) is 11.6 Å². The Kier molecular flexibility index (Phi) is 3.65. The zero-order valence-electron chi connectivity index (χ0n) is 8.54. The Labute approximate surface area is 99.1 Å². The Morgan fingerprint density at radius 2 is 1.37 bits per heavy atom. The first kappa shape index (κ1) is 15.4. The Morgan fingerprint density at radius 3 is 1.84 bits per heavy atom. The molecule has 0 N–H and O–H groups in total. The predicted molar refractivity (Wildman–Crippen MR) is 42.9 cm³/mol. The average molecular weight is 298 g/mol. The summed E-state index contributed by atoms with van der Waals surface area (Å²) in [4.78, 5) is 0. The van der Waals surface area contributed by atoms with Crippen LogP contribution in [0.5, 0.6) is 5.75 Å². The quantitative estimate of drug-likeness (QED) is 0.762. The lowest BCUT2D eigenvalue weighted by atomic mass is 10.3. The van der Waals surface area contributed by atoms with E-state index in [2.05, 4.69) is 4.74 Å². The van der Waals surface area contributed by atoms with Crippen LogP contribution in [0.25, 0.3) is 0 Å². The van der Waals surface area contributed by atoms with Crippen molar-refractivity contribution >= 4 is 0 Å². The molecule has 0 spiro atoms. The average Bonchev–Trinajstić information content (AvgIpc) is 2.21. The van der Waals surface area contributed by atoms with Crippen molar-refractivity contribution in [2.24, 2.45) is 0 Å². The molecule has 1 aromatic rings. The molecule has 108 valence electrons. The molecule has 0 heterocycles. The maximum atomic E-state index is 12.8. The Balaban J connectivity index is 3.12. The normalized spacial score (nSPS) is 13.5. The van der Waals surface area contributed by atoms with Gasteiger partial charge in [0, 0.05) is 6.07 Å². The van der Waals surface area contributed by atoms with Crippen LogP contribution >= 0.6 is 0 Å². The number of hydrogen-bond donors (Lipinski definition) is 0. The molecule has 1 nitrogen and oxygen atoms in total. The molecule has 1 aromatic carbocycles. The lowest BCUT2D eigenvalue weighted by Crippen LogP contribution is -2.55. The minimum Gasteiger partial charge on any atom is -0.425 e. The van der Waals surface area contributed by atoms with Gasteiger partial charge in [0.25, 0.3) is 0 Å². The second-order valence-electron chi connectivity index (χ2n) is 3.27. The van der Waals surface area contributed by atoms with Crippen molar-refractivity contribution in [1.82, 2.24) is 0 Å². The van der Waals surface area contributed by atoms with Crippen molar-refractivity contribution in [3.63, 3.8) is 0 Å². The van der Waals surface area contributed by atoms with Gasteiger partial charge in [-0.2, -0.15) is 30.7 Å². The molecule has 0 aliphatic heterocycles. The summed E-state index contributed by atoms with van der Waals surface area (Å²) >= 11 is 0. The molecule has 0 aliphatic carbocycles. The van der Waals surface area contributed by atoms with Crippen molar-refractivity contribution in [3.8, 4) is 5.75 Å². The van der Waals surface area contributed by atoms with Crippen LogP contribution in [0.2, 0.25) is 0 Å². The van der Waals surface area contributed by atoms with Crippen LogP contribution in [0.15, 0.2) is 18.2 Å². The minimum absolute atomic E-state index is 0.0876. The Morgan fingerprint density at radius 1 is 0.842 bits per heavy atom. The Hall–Kier alpha value is -1.61. The molecule has 0 unspecified atom stereocenters. The molecular weight excluding hydrogens is 295 g/mol. The summed E-state index contributed by atoms with van der Waals surface area (Å²) in [5, 5.41) is 0. The summed E-state index contributed by atoms with van der Waals surface area (Å²) in [6.07, 6.45) is -12.7. The molecule has 0 saturated carbocycles. The topological polar surface area (TPSA) is 9.23 Å². The summed E-state index contributed by atoms with van der Waals surface area (Å²) in [6, 6.07) is 0.574. The predicted octanol–water partition coefficient (Wildman–Crippen LogP) is 4.13. The van der Waals surface area contributed by atoms with Gasteiger partial charge in [-0.05, 0) is 12.1 Å². The summed E-state index contributed by atoms with van der Waals surface area (Å²) < 4.78 is 114. The van der Waals surface area contributed by atoms with E-state index in [1.165, 1.54) is 0 Å². The van der Waals surface area contributed by atoms with Crippen LogP contribution in [0.4, 0.5) is 39.5 Å². The molecule has 0 radical (unpaired) electrons. The molecule has 0 aromatic heterocycles. The van der Waals surface area contributed by atoms with Gasteiger partial charge in [-0.15, -0.1) is 0 Å². The number of rotatable bonds is 3. The third-order valence-corrected chi connectivity index (χ3v) is 1.85. The van der Waals surface area contributed by atoms with Gasteiger partial charge in [-0.25, -0.2) is 8.78 Å². The van der Waals surface area contributed by atoms with Crippen LogP contribution in [0, 0.1) is 11.6 Å². The summed E-state index contributed by atoms with van der Waals surface area (Å²) in [7, 11) is 0. The van der Waals surface area contributed by atoms with Gasteiger partial charge in [0.2, 0.25) is 0 Å². The standard InChI is InChI=1S/C9H3F9O/c10-4-1-2-5(11)6(3-4)19-9(17,18)7(12,13)8(14,15)16/h1-3H. The van der Waals surface area contributed by atoms with E-state index in [0.717, 1.165) is 0 Å². The van der Waals surface area contributed by atoms with Crippen LogP contribution < -0.4 is 4.74 Å². The van der Waals surface area contributed by atoms with Crippen LogP contribution in [-0.2, 0) is 0 Å². The first-order valence-corrected chi connectivity index (χ1v) is 4.35. The Bertz CT molecular complexity index is 465. The molecule has 19 heavy (non-hydrogen) atoms. The largest absolute Gasteiger partial charge is 0.474 e. The van der Waals surface area contributed by atoms with Gasteiger partial charge in [0.05, 0.1) is 0 Å². The summed E-state index contributed by atoms with van der Waals surface area (Å²) in [6.45, 7) is 0. The second kappa shape index (κ2) is 4.49.